The summed E-state index contributed by atoms with van der Waals surface area (Å²) in [6.07, 6.45) is 1.60. The number of hydrogen-bond donors (Lipinski definition) is 0. The van der Waals surface area contributed by atoms with Crippen LogP contribution in [0.3, 0.4) is 0 Å². The number of carbonyl (C=O) groups is 1. The molecule has 0 N–H and O–H groups in total. The van der Waals surface area contributed by atoms with E-state index in [-0.39, 0.29) is 11.5 Å². The third kappa shape index (κ3) is 2.53. The number of nitrogens with zero attached hydrogens (tertiary/aromatic N) is 3. The van der Waals surface area contributed by atoms with Crippen LogP contribution in [-0.4, -0.2) is 21.3 Å². The van der Waals surface area contributed by atoms with Gasteiger partial charge in [0.15, 0.2) is 12.0 Å². The summed E-state index contributed by atoms with van der Waals surface area (Å²) in [6.45, 7) is 2.08. The monoisotopic (exact) mass is 295 g/mol. The Morgan fingerprint density at radius 3 is 2.36 bits per heavy atom. The third-order valence-electron chi connectivity index (χ3n) is 3.51. The SMILES string of the molecule is CCc1ccc(-n2nnc(C=O)c2-c2ccc(F)cc2)cc1. The standard InChI is InChI=1S/C17H14FN3O/c1-2-12-3-9-15(10-4-12)21-17(16(11-22)19-20-21)13-5-7-14(18)8-6-13/h3-11H,2H2,1H3. The normalized spacial score (nSPS) is 10.6. The van der Waals surface area contributed by atoms with Gasteiger partial charge in [-0.15, -0.1) is 5.10 Å². The van der Waals surface area contributed by atoms with E-state index < -0.39 is 0 Å². The Balaban J connectivity index is 2.13. The van der Waals surface area contributed by atoms with Crippen molar-refractivity contribution in [3.63, 3.8) is 0 Å². The Hall–Kier alpha value is -2.82. The van der Waals surface area contributed by atoms with Crippen LogP contribution < -0.4 is 0 Å². The van der Waals surface area contributed by atoms with Gasteiger partial charge < -0.3 is 0 Å². The Kier molecular flexibility index (Phi) is 3.78. The number of rotatable bonds is 4. The Morgan fingerprint density at radius 2 is 1.77 bits per heavy atom. The molecule has 0 amide bonds. The maximum atomic E-state index is 13.1. The predicted octanol–water partition coefficient (Wildman–Crippen LogP) is 3.45. The van der Waals surface area contributed by atoms with Crippen molar-refractivity contribution >= 4 is 6.29 Å². The minimum Gasteiger partial charge on any atom is -0.296 e. The molecule has 1 aromatic heterocycles. The van der Waals surface area contributed by atoms with E-state index in [0.29, 0.717) is 17.5 Å². The second-order valence-corrected chi connectivity index (χ2v) is 4.88. The van der Waals surface area contributed by atoms with Crippen molar-refractivity contribution in [1.82, 2.24) is 15.0 Å². The average Bonchev–Trinajstić information content (AvgIpc) is 2.99. The molecule has 110 valence electrons. The lowest BCUT2D eigenvalue weighted by Gasteiger charge is -2.08. The number of aryl methyl sites for hydroxylation is 1. The molecule has 22 heavy (non-hydrogen) atoms. The van der Waals surface area contributed by atoms with Crippen LogP contribution in [0.5, 0.6) is 0 Å². The lowest BCUT2D eigenvalue weighted by Crippen LogP contribution is -2.00. The Labute approximate surface area is 127 Å². The predicted molar refractivity (Wildman–Crippen MR) is 81.5 cm³/mol. The highest BCUT2D eigenvalue weighted by molar-refractivity contribution is 5.83. The molecule has 0 aliphatic heterocycles. The first-order chi connectivity index (χ1) is 10.7. The van der Waals surface area contributed by atoms with Gasteiger partial charge in [0.2, 0.25) is 0 Å². The molecule has 0 unspecified atom stereocenters. The van der Waals surface area contributed by atoms with Crippen molar-refractivity contribution in [1.29, 1.82) is 0 Å². The van der Waals surface area contributed by atoms with E-state index in [1.165, 1.54) is 17.7 Å². The summed E-state index contributed by atoms with van der Waals surface area (Å²) in [7, 11) is 0. The fourth-order valence-electron chi connectivity index (χ4n) is 2.30. The van der Waals surface area contributed by atoms with Crippen LogP contribution in [-0.2, 0) is 6.42 Å². The third-order valence-corrected chi connectivity index (χ3v) is 3.51. The molecule has 0 radical (unpaired) electrons. The average molecular weight is 295 g/mol. The van der Waals surface area contributed by atoms with E-state index in [1.54, 1.807) is 16.8 Å². The maximum absolute atomic E-state index is 13.1. The van der Waals surface area contributed by atoms with Crippen LogP contribution >= 0.6 is 0 Å². The summed E-state index contributed by atoms with van der Waals surface area (Å²) in [5.41, 5.74) is 3.48. The van der Waals surface area contributed by atoms with E-state index in [2.05, 4.69) is 17.2 Å². The summed E-state index contributed by atoms with van der Waals surface area (Å²) in [4.78, 5) is 11.2. The Bertz CT molecular complexity index is 792. The molecule has 3 rings (SSSR count). The van der Waals surface area contributed by atoms with Crippen LogP contribution in [0, 0.1) is 5.82 Å². The second-order valence-electron chi connectivity index (χ2n) is 4.88. The fourth-order valence-corrected chi connectivity index (χ4v) is 2.30. The molecule has 0 atom stereocenters. The van der Waals surface area contributed by atoms with Gasteiger partial charge in [0.05, 0.1) is 5.69 Å². The van der Waals surface area contributed by atoms with E-state index in [4.69, 9.17) is 0 Å². The van der Waals surface area contributed by atoms with E-state index in [9.17, 15) is 9.18 Å². The van der Waals surface area contributed by atoms with Gasteiger partial charge in [-0.3, -0.25) is 4.79 Å². The quantitative estimate of drug-likeness (QED) is 0.693. The van der Waals surface area contributed by atoms with Gasteiger partial charge in [-0.25, -0.2) is 9.07 Å². The van der Waals surface area contributed by atoms with E-state index in [1.807, 2.05) is 24.3 Å². The first-order valence-electron chi connectivity index (χ1n) is 6.99. The minimum absolute atomic E-state index is 0.228. The molecule has 2 aromatic carbocycles. The molecular weight excluding hydrogens is 281 g/mol. The molecule has 0 fully saturated rings. The van der Waals surface area contributed by atoms with Crippen LogP contribution in [0.15, 0.2) is 48.5 Å². The highest BCUT2D eigenvalue weighted by atomic mass is 19.1. The maximum Gasteiger partial charge on any atom is 0.172 e. The topological polar surface area (TPSA) is 47.8 Å². The van der Waals surface area contributed by atoms with Crippen molar-refractivity contribution in [2.24, 2.45) is 0 Å². The lowest BCUT2D eigenvalue weighted by molar-refractivity contribution is 0.111. The van der Waals surface area contributed by atoms with Crippen molar-refractivity contribution in [3.05, 3.63) is 65.6 Å². The van der Waals surface area contributed by atoms with E-state index in [0.717, 1.165) is 12.1 Å². The highest BCUT2D eigenvalue weighted by Gasteiger charge is 2.15. The summed E-state index contributed by atoms with van der Waals surface area (Å²) >= 11 is 0. The second kappa shape index (κ2) is 5.89. The van der Waals surface area contributed by atoms with Crippen LogP contribution in [0.2, 0.25) is 0 Å². The number of aromatic nitrogens is 3. The van der Waals surface area contributed by atoms with Crippen molar-refractivity contribution in [2.75, 3.05) is 0 Å². The number of hydrogen-bond acceptors (Lipinski definition) is 3. The molecule has 0 aliphatic carbocycles. The number of carbonyl (C=O) groups excluding carboxylic acids is 1. The zero-order chi connectivity index (χ0) is 15.5. The summed E-state index contributed by atoms with van der Waals surface area (Å²) in [5, 5.41) is 7.96. The van der Waals surface area contributed by atoms with Gasteiger partial charge in [0, 0.05) is 5.56 Å². The fraction of sp³-hybridized carbons (Fsp3) is 0.118. The smallest absolute Gasteiger partial charge is 0.172 e. The van der Waals surface area contributed by atoms with Crippen molar-refractivity contribution in [3.8, 4) is 16.9 Å². The van der Waals surface area contributed by atoms with Gasteiger partial charge >= 0.3 is 0 Å². The van der Waals surface area contributed by atoms with Gasteiger partial charge in [0.25, 0.3) is 0 Å². The number of halogens is 1. The van der Waals surface area contributed by atoms with Crippen LogP contribution in [0.4, 0.5) is 4.39 Å². The zero-order valence-corrected chi connectivity index (χ0v) is 12.0. The molecule has 0 bridgehead atoms. The molecule has 5 heteroatoms. The molecule has 1 heterocycles. The first-order valence-corrected chi connectivity index (χ1v) is 6.99. The first kappa shape index (κ1) is 14.1. The largest absolute Gasteiger partial charge is 0.296 e. The molecule has 4 nitrogen and oxygen atoms in total. The molecule has 0 aliphatic rings. The van der Waals surface area contributed by atoms with Crippen molar-refractivity contribution < 1.29 is 9.18 Å². The van der Waals surface area contributed by atoms with Gasteiger partial charge in [-0.1, -0.05) is 24.3 Å². The zero-order valence-electron chi connectivity index (χ0n) is 12.0. The molecule has 3 aromatic rings. The molecular formula is C17H14FN3O. The summed E-state index contributed by atoms with van der Waals surface area (Å²) < 4.78 is 14.7. The highest BCUT2D eigenvalue weighted by Crippen LogP contribution is 2.25. The van der Waals surface area contributed by atoms with Crippen molar-refractivity contribution in [2.45, 2.75) is 13.3 Å². The van der Waals surface area contributed by atoms with Crippen LogP contribution in [0.1, 0.15) is 23.0 Å². The lowest BCUT2D eigenvalue weighted by atomic mass is 10.1. The Morgan fingerprint density at radius 1 is 1.09 bits per heavy atom. The van der Waals surface area contributed by atoms with E-state index >= 15 is 0 Å². The molecule has 0 saturated carbocycles. The summed E-state index contributed by atoms with van der Waals surface area (Å²) in [5.74, 6) is -0.331. The van der Waals surface area contributed by atoms with Crippen LogP contribution in [0.25, 0.3) is 16.9 Å². The number of benzene rings is 2. The summed E-state index contributed by atoms with van der Waals surface area (Å²) in [6, 6.07) is 13.8. The van der Waals surface area contributed by atoms with Gasteiger partial charge in [0.1, 0.15) is 11.5 Å². The van der Waals surface area contributed by atoms with Gasteiger partial charge in [-0.2, -0.15) is 0 Å². The van der Waals surface area contributed by atoms with Gasteiger partial charge in [-0.05, 0) is 48.4 Å². The molecule has 0 saturated heterocycles. The molecule has 0 spiro atoms. The minimum atomic E-state index is -0.331. The number of aldehydes is 1.